The lowest BCUT2D eigenvalue weighted by molar-refractivity contribution is -0.118. The minimum absolute atomic E-state index is 0.0570. The van der Waals surface area contributed by atoms with Gasteiger partial charge in [-0.25, -0.2) is 5.43 Å². The van der Waals surface area contributed by atoms with E-state index < -0.39 is 0 Å². The molecule has 4 aromatic carbocycles. The van der Waals surface area contributed by atoms with Crippen LogP contribution in [0, 0.1) is 0 Å². The number of nitrogens with zero attached hydrogens (tertiary/aromatic N) is 4. The molecule has 1 amide bonds. The monoisotopic (exact) mass is 575 g/mol. The molecule has 0 unspecified atom stereocenters. The molecular formula is C34H33N5O2S. The Labute approximate surface area is 250 Å². The number of hydrogen-bond acceptors (Lipinski definition) is 6. The summed E-state index contributed by atoms with van der Waals surface area (Å²) in [6.07, 6.45) is 1.60. The highest BCUT2D eigenvalue weighted by Gasteiger charge is 2.19. The fourth-order valence-corrected chi connectivity index (χ4v) is 4.99. The zero-order valence-corrected chi connectivity index (χ0v) is 24.7. The summed E-state index contributed by atoms with van der Waals surface area (Å²) in [6, 6.07) is 35.9. The molecule has 0 saturated heterocycles. The van der Waals surface area contributed by atoms with Gasteiger partial charge in [0.05, 0.1) is 12.0 Å². The van der Waals surface area contributed by atoms with E-state index in [1.54, 1.807) is 6.21 Å². The van der Waals surface area contributed by atoms with Crippen molar-refractivity contribution < 1.29 is 9.53 Å². The predicted molar refractivity (Wildman–Crippen MR) is 169 cm³/mol. The fraction of sp³-hybridized carbons (Fsp3) is 0.176. The second-order valence-corrected chi connectivity index (χ2v) is 11.7. The maximum absolute atomic E-state index is 12.7. The smallest absolute Gasteiger partial charge is 0.250 e. The van der Waals surface area contributed by atoms with Crippen LogP contribution in [0.2, 0.25) is 0 Å². The first-order valence-corrected chi connectivity index (χ1v) is 14.7. The molecule has 0 aliphatic rings. The summed E-state index contributed by atoms with van der Waals surface area (Å²) in [4.78, 5) is 12.7. The normalized spacial score (nSPS) is 11.5. The van der Waals surface area contributed by atoms with Crippen molar-refractivity contribution in [3.05, 3.63) is 126 Å². The molecule has 0 aliphatic carbocycles. The standard InChI is InChI=1S/C34H33N5O2S/c1-34(2,3)28-19-17-27(18-20-28)32-37-38-33(39(32)29-14-8-5-9-15-29)42-24-31(40)36-35-22-26-13-10-16-30(21-26)41-23-25-11-6-4-7-12-25/h4-22H,23-24H2,1-3H3,(H,36,40). The van der Waals surface area contributed by atoms with Gasteiger partial charge in [-0.3, -0.25) is 9.36 Å². The number of hydrogen-bond donors (Lipinski definition) is 1. The van der Waals surface area contributed by atoms with E-state index in [-0.39, 0.29) is 17.1 Å². The van der Waals surface area contributed by atoms with Crippen LogP contribution in [0.1, 0.15) is 37.5 Å². The van der Waals surface area contributed by atoms with Crippen LogP contribution in [0.4, 0.5) is 0 Å². The van der Waals surface area contributed by atoms with Crippen LogP contribution in [-0.2, 0) is 16.8 Å². The Balaban J connectivity index is 1.23. The number of carbonyl (C=O) groups is 1. The number of carbonyl (C=O) groups excluding carboxylic acids is 1. The number of para-hydroxylation sites is 1. The molecule has 0 saturated carbocycles. The zero-order valence-electron chi connectivity index (χ0n) is 23.9. The van der Waals surface area contributed by atoms with Crippen molar-refractivity contribution in [1.29, 1.82) is 0 Å². The van der Waals surface area contributed by atoms with E-state index in [0.717, 1.165) is 34.0 Å². The molecule has 5 rings (SSSR count). The van der Waals surface area contributed by atoms with Gasteiger partial charge in [0.1, 0.15) is 12.4 Å². The average Bonchev–Trinajstić information content (AvgIpc) is 3.44. The molecule has 7 nitrogen and oxygen atoms in total. The summed E-state index contributed by atoms with van der Waals surface area (Å²) in [6.45, 7) is 7.05. The second kappa shape index (κ2) is 13.3. The molecule has 0 bridgehead atoms. The fourth-order valence-electron chi connectivity index (χ4n) is 4.25. The van der Waals surface area contributed by atoms with Crippen molar-refractivity contribution in [3.63, 3.8) is 0 Å². The Bertz CT molecular complexity index is 1640. The van der Waals surface area contributed by atoms with E-state index in [9.17, 15) is 4.79 Å². The first-order valence-electron chi connectivity index (χ1n) is 13.7. The van der Waals surface area contributed by atoms with Crippen molar-refractivity contribution in [2.75, 3.05) is 5.75 Å². The van der Waals surface area contributed by atoms with Gasteiger partial charge in [0.25, 0.3) is 5.91 Å². The predicted octanol–water partition coefficient (Wildman–Crippen LogP) is 7.05. The van der Waals surface area contributed by atoms with E-state index in [1.165, 1.54) is 17.3 Å². The maximum Gasteiger partial charge on any atom is 0.250 e. The Kier molecular flexibility index (Phi) is 9.14. The van der Waals surface area contributed by atoms with Crippen LogP contribution < -0.4 is 10.2 Å². The van der Waals surface area contributed by atoms with Crippen LogP contribution in [-0.4, -0.2) is 32.6 Å². The molecule has 1 heterocycles. The Morgan fingerprint density at radius 2 is 1.62 bits per heavy atom. The van der Waals surface area contributed by atoms with E-state index >= 15 is 0 Å². The van der Waals surface area contributed by atoms with Gasteiger partial charge >= 0.3 is 0 Å². The van der Waals surface area contributed by atoms with Gasteiger partial charge in [0, 0.05) is 11.3 Å². The lowest BCUT2D eigenvalue weighted by Crippen LogP contribution is -2.20. The van der Waals surface area contributed by atoms with Crippen LogP contribution >= 0.6 is 11.8 Å². The van der Waals surface area contributed by atoms with Crippen molar-refractivity contribution in [2.45, 2.75) is 37.9 Å². The number of benzene rings is 4. The summed E-state index contributed by atoms with van der Waals surface area (Å²) >= 11 is 1.31. The SMILES string of the molecule is CC(C)(C)c1ccc(-c2nnc(SCC(=O)NN=Cc3cccc(OCc4ccccc4)c3)n2-c2ccccc2)cc1. The van der Waals surface area contributed by atoms with Crippen molar-refractivity contribution in [2.24, 2.45) is 5.10 Å². The molecule has 0 fully saturated rings. The van der Waals surface area contributed by atoms with Gasteiger partial charge < -0.3 is 4.74 Å². The Morgan fingerprint density at radius 3 is 2.33 bits per heavy atom. The Morgan fingerprint density at radius 1 is 0.905 bits per heavy atom. The maximum atomic E-state index is 12.7. The quantitative estimate of drug-likeness (QED) is 0.110. The number of ether oxygens (including phenoxy) is 1. The number of amides is 1. The molecule has 0 atom stereocenters. The molecule has 1 N–H and O–H groups in total. The molecule has 5 aromatic rings. The van der Waals surface area contributed by atoms with E-state index in [4.69, 9.17) is 4.74 Å². The summed E-state index contributed by atoms with van der Waals surface area (Å²) < 4.78 is 7.86. The average molecular weight is 576 g/mol. The van der Waals surface area contributed by atoms with Crippen LogP contribution in [0.5, 0.6) is 5.75 Å². The van der Waals surface area contributed by atoms with Gasteiger partial charge in [0.15, 0.2) is 11.0 Å². The van der Waals surface area contributed by atoms with Crippen molar-refractivity contribution >= 4 is 23.9 Å². The largest absolute Gasteiger partial charge is 0.489 e. The van der Waals surface area contributed by atoms with Crippen LogP contribution in [0.15, 0.2) is 119 Å². The second-order valence-electron chi connectivity index (χ2n) is 10.7. The minimum atomic E-state index is -0.244. The topological polar surface area (TPSA) is 81.4 Å². The molecule has 0 spiro atoms. The first-order chi connectivity index (χ1) is 20.4. The highest BCUT2D eigenvalue weighted by atomic mass is 32.2. The summed E-state index contributed by atoms with van der Waals surface area (Å²) in [5, 5.41) is 13.7. The third-order valence-electron chi connectivity index (χ3n) is 6.50. The summed E-state index contributed by atoms with van der Waals surface area (Å²) in [5.74, 6) is 1.34. The molecule has 212 valence electrons. The van der Waals surface area contributed by atoms with Gasteiger partial charge in [-0.05, 0) is 46.4 Å². The number of aromatic nitrogens is 3. The van der Waals surface area contributed by atoms with Crippen LogP contribution in [0.25, 0.3) is 17.1 Å². The molecule has 42 heavy (non-hydrogen) atoms. The third-order valence-corrected chi connectivity index (χ3v) is 7.43. The highest BCUT2D eigenvalue weighted by molar-refractivity contribution is 7.99. The first kappa shape index (κ1) is 28.8. The molecule has 0 radical (unpaired) electrons. The zero-order chi connectivity index (χ0) is 29.4. The van der Waals surface area contributed by atoms with Crippen LogP contribution in [0.3, 0.4) is 0 Å². The number of nitrogens with one attached hydrogen (secondary N) is 1. The lowest BCUT2D eigenvalue weighted by Gasteiger charge is -2.19. The van der Waals surface area contributed by atoms with Crippen molar-refractivity contribution in [1.82, 2.24) is 20.2 Å². The molecule has 1 aromatic heterocycles. The number of hydrazone groups is 1. The van der Waals surface area contributed by atoms with Gasteiger partial charge in [-0.2, -0.15) is 5.10 Å². The van der Waals surface area contributed by atoms with Gasteiger partial charge in [0.2, 0.25) is 0 Å². The third kappa shape index (κ3) is 7.53. The van der Waals surface area contributed by atoms with Gasteiger partial charge in [-0.15, -0.1) is 10.2 Å². The molecule has 0 aliphatic heterocycles. The van der Waals surface area contributed by atoms with E-state index in [0.29, 0.717) is 11.8 Å². The highest BCUT2D eigenvalue weighted by Crippen LogP contribution is 2.30. The summed E-state index contributed by atoms with van der Waals surface area (Å²) in [7, 11) is 0. The van der Waals surface area contributed by atoms with Crippen molar-refractivity contribution in [3.8, 4) is 22.8 Å². The molecule has 8 heteroatoms. The minimum Gasteiger partial charge on any atom is -0.489 e. The summed E-state index contributed by atoms with van der Waals surface area (Å²) in [5.41, 5.74) is 7.70. The van der Waals surface area contributed by atoms with E-state index in [2.05, 4.69) is 65.8 Å². The molecular weight excluding hydrogens is 542 g/mol. The number of rotatable bonds is 10. The Hall–Kier alpha value is -4.69. The van der Waals surface area contributed by atoms with Gasteiger partial charge in [-0.1, -0.05) is 117 Å². The lowest BCUT2D eigenvalue weighted by atomic mass is 9.87. The van der Waals surface area contributed by atoms with E-state index in [1.807, 2.05) is 89.5 Å². The number of thioether (sulfide) groups is 1.